The van der Waals surface area contributed by atoms with Gasteiger partial charge in [-0.1, -0.05) is 12.1 Å². The Balaban J connectivity index is 1.89. The number of aromatic nitrogens is 1. The predicted molar refractivity (Wildman–Crippen MR) is 78.8 cm³/mol. The summed E-state index contributed by atoms with van der Waals surface area (Å²) in [7, 11) is 0. The van der Waals surface area contributed by atoms with E-state index in [-0.39, 0.29) is 5.69 Å². The number of hydrogen-bond donors (Lipinski definition) is 2. The van der Waals surface area contributed by atoms with Crippen molar-refractivity contribution in [3.63, 3.8) is 0 Å². The van der Waals surface area contributed by atoms with Crippen LogP contribution < -0.4 is 15.6 Å². The summed E-state index contributed by atoms with van der Waals surface area (Å²) in [5.41, 5.74) is 2.18. The zero-order valence-electron chi connectivity index (χ0n) is 11.2. The molecule has 1 aromatic carbocycles. The molecular weight excluding hydrogens is 270 g/mol. The second kappa shape index (κ2) is 5.58. The zero-order valence-corrected chi connectivity index (χ0v) is 11.2. The van der Waals surface area contributed by atoms with Gasteiger partial charge in [0.1, 0.15) is 11.5 Å². The lowest BCUT2D eigenvalue weighted by Gasteiger charge is -2.08. The van der Waals surface area contributed by atoms with Crippen molar-refractivity contribution in [3.05, 3.63) is 58.4 Å². The molecule has 0 bridgehead atoms. The van der Waals surface area contributed by atoms with Crippen LogP contribution in [0.1, 0.15) is 5.56 Å². The van der Waals surface area contributed by atoms with Gasteiger partial charge in [-0.15, -0.1) is 0 Å². The number of aliphatic imine (C=N–C) groups is 1. The number of benzene rings is 1. The number of rotatable bonds is 4. The van der Waals surface area contributed by atoms with E-state index in [4.69, 9.17) is 0 Å². The molecule has 1 aromatic heterocycles. The van der Waals surface area contributed by atoms with Crippen LogP contribution in [0, 0.1) is 10.1 Å². The van der Waals surface area contributed by atoms with Crippen LogP contribution in [0.3, 0.4) is 0 Å². The molecule has 2 aromatic rings. The smallest absolute Gasteiger partial charge is 0.355 e. The largest absolute Gasteiger partial charge is 0.368 e. The number of aromatic amines is 1. The third-order valence-corrected chi connectivity index (χ3v) is 3.13. The third-order valence-electron chi connectivity index (χ3n) is 3.13. The van der Waals surface area contributed by atoms with Crippen molar-refractivity contribution < 1.29 is 9.91 Å². The summed E-state index contributed by atoms with van der Waals surface area (Å²) in [6.07, 6.45) is 3.00. The van der Waals surface area contributed by atoms with E-state index in [1.807, 2.05) is 24.3 Å². The van der Waals surface area contributed by atoms with Crippen molar-refractivity contribution in [3.8, 4) is 0 Å². The first-order valence-electron chi connectivity index (χ1n) is 6.54. The van der Waals surface area contributed by atoms with Crippen molar-refractivity contribution in [1.29, 1.82) is 0 Å². The van der Waals surface area contributed by atoms with Gasteiger partial charge in [-0.2, -0.15) is 0 Å². The highest BCUT2D eigenvalue weighted by Gasteiger charge is 2.17. The van der Waals surface area contributed by atoms with Gasteiger partial charge in [0.05, 0.1) is 11.5 Å². The summed E-state index contributed by atoms with van der Waals surface area (Å²) in [5, 5.41) is 17.3. The van der Waals surface area contributed by atoms with Gasteiger partial charge in [0.2, 0.25) is 6.20 Å². The fraction of sp³-hybridized carbons (Fsp3) is 0.143. The van der Waals surface area contributed by atoms with Crippen molar-refractivity contribution in [2.75, 3.05) is 18.4 Å². The SMILES string of the molecule is O=[N+]([O-])c1c[nH+]ccc1Nc1cccc(C2=NCCN2)c1. The van der Waals surface area contributed by atoms with Crippen LogP contribution in [-0.2, 0) is 0 Å². The summed E-state index contributed by atoms with van der Waals surface area (Å²) in [4.78, 5) is 17.7. The lowest BCUT2D eigenvalue weighted by atomic mass is 10.1. The molecule has 2 heterocycles. The Morgan fingerprint density at radius 1 is 1.38 bits per heavy atom. The highest BCUT2D eigenvalue weighted by molar-refractivity contribution is 6.00. The molecule has 0 saturated carbocycles. The van der Waals surface area contributed by atoms with E-state index in [9.17, 15) is 10.1 Å². The topological polar surface area (TPSA) is 93.7 Å². The zero-order chi connectivity index (χ0) is 14.7. The van der Waals surface area contributed by atoms with Crippen molar-refractivity contribution in [2.24, 2.45) is 4.99 Å². The Morgan fingerprint density at radius 3 is 3.05 bits per heavy atom. The van der Waals surface area contributed by atoms with Gasteiger partial charge in [-0.3, -0.25) is 15.1 Å². The van der Waals surface area contributed by atoms with Crippen LogP contribution in [0.25, 0.3) is 0 Å². The summed E-state index contributed by atoms with van der Waals surface area (Å²) >= 11 is 0. The van der Waals surface area contributed by atoms with E-state index in [2.05, 4.69) is 20.6 Å². The molecular formula is C14H14N5O2+. The van der Waals surface area contributed by atoms with Gasteiger partial charge in [0.25, 0.3) is 0 Å². The van der Waals surface area contributed by atoms with Crippen molar-refractivity contribution >= 4 is 22.9 Å². The molecule has 106 valence electrons. The van der Waals surface area contributed by atoms with Crippen LogP contribution in [0.2, 0.25) is 0 Å². The van der Waals surface area contributed by atoms with E-state index in [0.29, 0.717) is 5.69 Å². The van der Waals surface area contributed by atoms with E-state index in [0.717, 1.165) is 30.2 Å². The van der Waals surface area contributed by atoms with Crippen LogP contribution in [-0.4, -0.2) is 23.8 Å². The summed E-state index contributed by atoms with van der Waals surface area (Å²) in [6.45, 7) is 1.61. The predicted octanol–water partition coefficient (Wildman–Crippen LogP) is 1.50. The molecule has 3 N–H and O–H groups in total. The molecule has 0 amide bonds. The first-order valence-corrected chi connectivity index (χ1v) is 6.54. The minimum Gasteiger partial charge on any atom is -0.368 e. The Labute approximate surface area is 120 Å². The molecule has 21 heavy (non-hydrogen) atoms. The Kier molecular flexibility index (Phi) is 3.46. The number of nitrogens with one attached hydrogen (secondary N) is 3. The van der Waals surface area contributed by atoms with E-state index in [1.165, 1.54) is 6.20 Å². The standard InChI is InChI=1S/C14H13N5O2/c20-19(21)13-9-15-5-4-12(13)18-11-3-1-2-10(8-11)14-16-6-7-17-14/h1-5,8-9H,6-7H2,(H,15,18)(H,16,17)/p+1. The number of H-pyrrole nitrogens is 1. The maximum absolute atomic E-state index is 11.0. The molecule has 0 spiro atoms. The molecule has 0 fully saturated rings. The maximum Gasteiger partial charge on any atom is 0.355 e. The monoisotopic (exact) mass is 284 g/mol. The van der Waals surface area contributed by atoms with Gasteiger partial charge in [0, 0.05) is 23.9 Å². The average Bonchev–Trinajstić information content (AvgIpc) is 3.02. The first-order chi connectivity index (χ1) is 10.2. The quantitative estimate of drug-likeness (QED) is 0.657. The average molecular weight is 284 g/mol. The summed E-state index contributed by atoms with van der Waals surface area (Å²) < 4.78 is 0. The number of hydrogen-bond acceptors (Lipinski definition) is 5. The minimum atomic E-state index is -0.425. The molecule has 0 saturated heterocycles. The van der Waals surface area contributed by atoms with Gasteiger partial charge in [0.15, 0.2) is 6.20 Å². The second-order valence-corrected chi connectivity index (χ2v) is 4.56. The van der Waals surface area contributed by atoms with E-state index in [1.54, 1.807) is 12.3 Å². The number of anilines is 2. The van der Waals surface area contributed by atoms with Crippen LogP contribution in [0.5, 0.6) is 0 Å². The summed E-state index contributed by atoms with van der Waals surface area (Å²) in [6, 6.07) is 9.25. The molecule has 1 aliphatic rings. The third kappa shape index (κ3) is 2.81. The van der Waals surface area contributed by atoms with Crippen molar-refractivity contribution in [1.82, 2.24) is 5.32 Å². The van der Waals surface area contributed by atoms with E-state index >= 15 is 0 Å². The highest BCUT2D eigenvalue weighted by atomic mass is 16.6. The molecule has 7 heteroatoms. The lowest BCUT2D eigenvalue weighted by molar-refractivity contribution is -0.419. The highest BCUT2D eigenvalue weighted by Crippen LogP contribution is 2.25. The molecule has 1 aliphatic heterocycles. The molecule has 0 radical (unpaired) electrons. The second-order valence-electron chi connectivity index (χ2n) is 4.56. The molecule has 3 rings (SSSR count). The van der Waals surface area contributed by atoms with E-state index < -0.39 is 4.92 Å². The minimum absolute atomic E-state index is 0.000708. The van der Waals surface area contributed by atoms with Gasteiger partial charge >= 0.3 is 5.69 Å². The number of pyridine rings is 1. The fourth-order valence-corrected chi connectivity index (χ4v) is 2.17. The maximum atomic E-state index is 11.0. The Hall–Kier alpha value is -2.96. The first kappa shape index (κ1) is 13.0. The number of amidine groups is 1. The van der Waals surface area contributed by atoms with Gasteiger partial charge in [-0.05, 0) is 12.1 Å². The van der Waals surface area contributed by atoms with Crippen molar-refractivity contribution in [2.45, 2.75) is 0 Å². The fourth-order valence-electron chi connectivity index (χ4n) is 2.17. The van der Waals surface area contributed by atoms with Gasteiger partial charge < -0.3 is 10.6 Å². The molecule has 7 nitrogen and oxygen atoms in total. The van der Waals surface area contributed by atoms with Gasteiger partial charge in [-0.25, -0.2) is 4.98 Å². The molecule has 0 aliphatic carbocycles. The number of nitro groups is 1. The van der Waals surface area contributed by atoms with Crippen LogP contribution in [0.4, 0.5) is 17.1 Å². The lowest BCUT2D eigenvalue weighted by Crippen LogP contribution is -2.19. The molecule has 0 atom stereocenters. The van der Waals surface area contributed by atoms with Crippen LogP contribution >= 0.6 is 0 Å². The Morgan fingerprint density at radius 2 is 2.29 bits per heavy atom. The van der Waals surface area contributed by atoms with Crippen LogP contribution in [0.15, 0.2) is 47.7 Å². The summed E-state index contributed by atoms with van der Waals surface area (Å²) in [5.74, 6) is 0.856. The molecule has 0 unspecified atom stereocenters. The number of nitrogens with zero attached hydrogens (tertiary/aromatic N) is 2. The Bertz CT molecular complexity index is 714. The normalized spacial score (nSPS) is 13.4.